The number of aryl methyl sites for hydroxylation is 2. The lowest BCUT2D eigenvalue weighted by Gasteiger charge is -2.00. The zero-order valence-electron chi connectivity index (χ0n) is 10.8. The molecule has 0 bridgehead atoms. The van der Waals surface area contributed by atoms with Crippen LogP contribution in [0.2, 0.25) is 0 Å². The van der Waals surface area contributed by atoms with E-state index in [4.69, 9.17) is 5.11 Å². The summed E-state index contributed by atoms with van der Waals surface area (Å²) in [6, 6.07) is 0. The minimum absolute atomic E-state index is 0. The molecule has 4 heteroatoms. The van der Waals surface area contributed by atoms with E-state index in [9.17, 15) is 0 Å². The molecule has 0 aliphatic heterocycles. The summed E-state index contributed by atoms with van der Waals surface area (Å²) >= 11 is 0. The Balaban J connectivity index is 0.00000256. The summed E-state index contributed by atoms with van der Waals surface area (Å²) in [6.07, 6.45) is 15.0. The summed E-state index contributed by atoms with van der Waals surface area (Å²) in [5.74, 6) is 0. The van der Waals surface area contributed by atoms with Crippen LogP contribution in [0.15, 0.2) is 18.7 Å². The molecule has 1 aromatic rings. The maximum atomic E-state index is 8.63. The standard InChI is InChI=1S/C13H25N2O.ClH/c1-14-10-11-15(13-14)9-7-5-3-2-4-6-8-12-16;/h10-11,13,16H,2-9,12H2,1H3;1H/q+1;/p-1. The first kappa shape index (κ1) is 16.5. The van der Waals surface area contributed by atoms with Gasteiger partial charge in [0.1, 0.15) is 12.4 Å². The van der Waals surface area contributed by atoms with Crippen molar-refractivity contribution in [2.75, 3.05) is 6.61 Å². The van der Waals surface area contributed by atoms with Crippen molar-refractivity contribution in [3.8, 4) is 0 Å². The molecule has 1 aromatic heterocycles. The van der Waals surface area contributed by atoms with Gasteiger partial charge in [0.2, 0.25) is 6.33 Å². The van der Waals surface area contributed by atoms with E-state index >= 15 is 0 Å². The van der Waals surface area contributed by atoms with E-state index in [-0.39, 0.29) is 12.4 Å². The fraction of sp³-hybridized carbons (Fsp3) is 0.769. The Morgan fingerprint density at radius 2 is 1.59 bits per heavy atom. The van der Waals surface area contributed by atoms with Crippen molar-refractivity contribution in [3.05, 3.63) is 18.7 Å². The van der Waals surface area contributed by atoms with Crippen LogP contribution in [0.3, 0.4) is 0 Å². The molecule has 1 N–H and O–H groups in total. The fourth-order valence-electron chi connectivity index (χ4n) is 1.92. The first-order chi connectivity index (χ1) is 7.83. The lowest BCUT2D eigenvalue weighted by Crippen LogP contribution is -3.00. The molecule has 0 aliphatic carbocycles. The number of aromatic nitrogens is 2. The zero-order chi connectivity index (χ0) is 11.6. The maximum absolute atomic E-state index is 8.63. The number of unbranched alkanes of at least 4 members (excludes halogenated alkanes) is 6. The van der Waals surface area contributed by atoms with E-state index in [0.717, 1.165) is 13.0 Å². The summed E-state index contributed by atoms with van der Waals surface area (Å²) < 4.78 is 4.32. The minimum atomic E-state index is 0. The van der Waals surface area contributed by atoms with Gasteiger partial charge in [0.25, 0.3) is 0 Å². The number of rotatable bonds is 9. The number of hydrogen-bond acceptors (Lipinski definition) is 1. The number of nitrogens with zero attached hydrogens (tertiary/aromatic N) is 2. The topological polar surface area (TPSA) is 29.0 Å². The Morgan fingerprint density at radius 3 is 2.12 bits per heavy atom. The average molecular weight is 261 g/mol. The molecule has 0 spiro atoms. The summed E-state index contributed by atoms with van der Waals surface area (Å²) in [4.78, 5) is 0. The van der Waals surface area contributed by atoms with E-state index in [1.165, 1.54) is 38.5 Å². The molecule has 3 nitrogen and oxygen atoms in total. The second-order valence-corrected chi connectivity index (χ2v) is 4.52. The van der Waals surface area contributed by atoms with E-state index in [1.54, 1.807) is 0 Å². The molecule has 0 amide bonds. The molecular formula is C13H25ClN2O. The normalized spacial score (nSPS) is 10.2. The molecule has 1 heterocycles. The van der Waals surface area contributed by atoms with Gasteiger partial charge in [-0.3, -0.25) is 0 Å². The molecule has 17 heavy (non-hydrogen) atoms. The number of imidazole rings is 1. The first-order valence-corrected chi connectivity index (χ1v) is 6.45. The highest BCUT2D eigenvalue weighted by atomic mass is 35.5. The monoisotopic (exact) mass is 260 g/mol. The van der Waals surface area contributed by atoms with Crippen molar-refractivity contribution >= 4 is 0 Å². The van der Waals surface area contributed by atoms with Gasteiger partial charge in [-0.15, -0.1) is 0 Å². The van der Waals surface area contributed by atoms with Gasteiger partial charge in [-0.25, -0.2) is 9.13 Å². The third kappa shape index (κ3) is 8.22. The van der Waals surface area contributed by atoms with E-state index in [1.807, 2.05) is 0 Å². The van der Waals surface area contributed by atoms with Crippen molar-refractivity contribution in [1.29, 1.82) is 0 Å². The highest BCUT2D eigenvalue weighted by Gasteiger charge is 1.98. The summed E-state index contributed by atoms with van der Waals surface area (Å²) in [5.41, 5.74) is 0. The smallest absolute Gasteiger partial charge is 0.243 e. The summed E-state index contributed by atoms with van der Waals surface area (Å²) in [5, 5.41) is 8.63. The van der Waals surface area contributed by atoms with Crippen LogP contribution in [0.25, 0.3) is 0 Å². The van der Waals surface area contributed by atoms with Crippen LogP contribution in [0.1, 0.15) is 44.9 Å². The maximum Gasteiger partial charge on any atom is 0.243 e. The number of aliphatic hydroxyl groups is 1. The number of hydrogen-bond donors (Lipinski definition) is 1. The van der Waals surface area contributed by atoms with Gasteiger partial charge in [0, 0.05) is 6.61 Å². The van der Waals surface area contributed by atoms with Gasteiger partial charge in [-0.05, 0) is 19.3 Å². The van der Waals surface area contributed by atoms with Crippen molar-refractivity contribution < 1.29 is 22.1 Å². The van der Waals surface area contributed by atoms with Gasteiger partial charge in [0.05, 0.1) is 13.6 Å². The quantitative estimate of drug-likeness (QED) is 0.450. The molecule has 100 valence electrons. The summed E-state index contributed by atoms with van der Waals surface area (Å²) in [6.45, 7) is 1.49. The van der Waals surface area contributed by atoms with Crippen molar-refractivity contribution in [1.82, 2.24) is 4.57 Å². The minimum Gasteiger partial charge on any atom is -1.00 e. The Kier molecular flexibility index (Phi) is 10.3. The third-order valence-electron chi connectivity index (χ3n) is 2.90. The van der Waals surface area contributed by atoms with Crippen LogP contribution in [-0.4, -0.2) is 16.3 Å². The van der Waals surface area contributed by atoms with Gasteiger partial charge in [-0.2, -0.15) is 0 Å². The molecule has 1 rings (SSSR count). The van der Waals surface area contributed by atoms with Crippen LogP contribution in [0.4, 0.5) is 0 Å². The highest BCUT2D eigenvalue weighted by molar-refractivity contribution is 4.65. The fourth-order valence-corrected chi connectivity index (χ4v) is 1.92. The molecule has 0 fully saturated rings. The Morgan fingerprint density at radius 1 is 1.00 bits per heavy atom. The molecule has 0 aromatic carbocycles. The van der Waals surface area contributed by atoms with E-state index in [0.29, 0.717) is 6.61 Å². The molecule has 0 radical (unpaired) electrons. The predicted octanol–water partition coefficient (Wildman–Crippen LogP) is -0.960. The summed E-state index contributed by atoms with van der Waals surface area (Å²) in [7, 11) is 2.05. The van der Waals surface area contributed by atoms with Crippen molar-refractivity contribution in [3.63, 3.8) is 0 Å². The van der Waals surface area contributed by atoms with Crippen LogP contribution < -0.4 is 17.0 Å². The average Bonchev–Trinajstić information content (AvgIpc) is 2.68. The van der Waals surface area contributed by atoms with Crippen molar-refractivity contribution in [2.24, 2.45) is 7.05 Å². The molecule has 0 aliphatic rings. The highest BCUT2D eigenvalue weighted by Crippen LogP contribution is 2.07. The molecule has 0 saturated heterocycles. The predicted molar refractivity (Wildman–Crippen MR) is 65.0 cm³/mol. The van der Waals surface area contributed by atoms with Gasteiger partial charge in [-0.1, -0.05) is 25.7 Å². The lowest BCUT2D eigenvalue weighted by atomic mass is 10.1. The largest absolute Gasteiger partial charge is 1.00 e. The van der Waals surface area contributed by atoms with Gasteiger partial charge < -0.3 is 17.5 Å². The Labute approximate surface area is 111 Å². The van der Waals surface area contributed by atoms with Crippen molar-refractivity contribution in [2.45, 2.75) is 51.5 Å². The molecule has 0 saturated carbocycles. The number of aliphatic hydroxyl groups excluding tert-OH is 1. The second kappa shape index (κ2) is 10.6. The first-order valence-electron chi connectivity index (χ1n) is 6.45. The van der Waals surface area contributed by atoms with E-state index < -0.39 is 0 Å². The number of halogens is 1. The third-order valence-corrected chi connectivity index (χ3v) is 2.90. The lowest BCUT2D eigenvalue weighted by molar-refractivity contribution is -0.671. The van der Waals surface area contributed by atoms with E-state index in [2.05, 4.69) is 34.9 Å². The molecular weight excluding hydrogens is 236 g/mol. The van der Waals surface area contributed by atoms with Gasteiger partial charge in [0.15, 0.2) is 0 Å². The van der Waals surface area contributed by atoms with Crippen LogP contribution in [0.5, 0.6) is 0 Å². The molecule has 0 unspecified atom stereocenters. The van der Waals surface area contributed by atoms with Crippen LogP contribution in [-0.2, 0) is 13.6 Å². The van der Waals surface area contributed by atoms with Crippen LogP contribution in [0, 0.1) is 0 Å². The van der Waals surface area contributed by atoms with Gasteiger partial charge >= 0.3 is 0 Å². The molecule has 0 atom stereocenters. The SMILES string of the molecule is C[n+]1ccn(CCCCCCCCCO)c1.[Cl-]. The second-order valence-electron chi connectivity index (χ2n) is 4.52. The van der Waals surface area contributed by atoms with Crippen LogP contribution >= 0.6 is 0 Å². The Hall–Kier alpha value is -0.540. The Bertz CT molecular complexity index is 276. The zero-order valence-corrected chi connectivity index (χ0v) is 11.6.